The Hall–Kier alpha value is -1.96. The Morgan fingerprint density at radius 2 is 2.04 bits per heavy atom. The Labute approximate surface area is 167 Å². The summed E-state index contributed by atoms with van der Waals surface area (Å²) >= 11 is 0. The van der Waals surface area contributed by atoms with Crippen LogP contribution in [0.15, 0.2) is 24.3 Å². The highest BCUT2D eigenvalue weighted by Gasteiger charge is 2.25. The largest absolute Gasteiger partial charge is 0.492 e. The van der Waals surface area contributed by atoms with E-state index in [2.05, 4.69) is 49.2 Å². The van der Waals surface area contributed by atoms with Gasteiger partial charge in [0, 0.05) is 44.2 Å². The molecule has 2 saturated heterocycles. The van der Waals surface area contributed by atoms with E-state index in [0.717, 1.165) is 82.9 Å². The molecule has 1 aromatic carbocycles. The summed E-state index contributed by atoms with van der Waals surface area (Å²) in [4.78, 5) is 9.45. The molecule has 1 atom stereocenters. The van der Waals surface area contributed by atoms with Gasteiger partial charge in [-0.15, -0.1) is 0 Å². The lowest BCUT2D eigenvalue weighted by atomic mass is 9.97. The molecule has 28 heavy (non-hydrogen) atoms. The zero-order chi connectivity index (χ0) is 19.2. The fourth-order valence-corrected chi connectivity index (χ4v) is 4.08. The zero-order valence-electron chi connectivity index (χ0n) is 16.8. The zero-order valence-corrected chi connectivity index (χ0v) is 16.8. The van der Waals surface area contributed by atoms with Crippen molar-refractivity contribution < 1.29 is 9.47 Å². The number of aryl methyl sites for hydroxylation is 1. The molecule has 7 heteroatoms. The minimum Gasteiger partial charge on any atom is -0.492 e. The quantitative estimate of drug-likeness (QED) is 0.788. The summed E-state index contributed by atoms with van der Waals surface area (Å²) in [7, 11) is 0. The van der Waals surface area contributed by atoms with E-state index in [0.29, 0.717) is 5.92 Å². The van der Waals surface area contributed by atoms with Crippen LogP contribution in [-0.2, 0) is 11.3 Å². The predicted octanol–water partition coefficient (Wildman–Crippen LogP) is 2.20. The number of nitrogens with zero attached hydrogens (tertiary/aromatic N) is 4. The third kappa shape index (κ3) is 5.10. The van der Waals surface area contributed by atoms with Gasteiger partial charge in [-0.05, 0) is 32.4 Å². The molecule has 0 bridgehead atoms. The van der Waals surface area contributed by atoms with Crippen LogP contribution in [0.25, 0.3) is 0 Å². The first kappa shape index (κ1) is 19.4. The summed E-state index contributed by atoms with van der Waals surface area (Å²) in [5.41, 5.74) is 1.26. The summed E-state index contributed by atoms with van der Waals surface area (Å²) in [5.74, 6) is 3.27. The van der Waals surface area contributed by atoms with Crippen molar-refractivity contribution in [3.63, 3.8) is 0 Å². The van der Waals surface area contributed by atoms with Crippen molar-refractivity contribution in [1.82, 2.24) is 25.0 Å². The highest BCUT2D eigenvalue weighted by atomic mass is 16.5. The monoisotopic (exact) mass is 385 g/mol. The molecule has 1 N–H and O–H groups in total. The number of benzene rings is 1. The van der Waals surface area contributed by atoms with Gasteiger partial charge in [0.1, 0.15) is 18.2 Å². The Kier molecular flexibility index (Phi) is 6.57. The summed E-state index contributed by atoms with van der Waals surface area (Å²) in [5, 5.41) is 7.36. The van der Waals surface area contributed by atoms with Crippen molar-refractivity contribution in [1.29, 1.82) is 0 Å². The minimum atomic E-state index is 0.410. The van der Waals surface area contributed by atoms with Crippen molar-refractivity contribution >= 4 is 0 Å². The number of piperidine rings is 1. The Morgan fingerprint density at radius 3 is 2.86 bits per heavy atom. The third-order valence-electron chi connectivity index (χ3n) is 5.62. The smallest absolute Gasteiger partial charge is 0.155 e. The van der Waals surface area contributed by atoms with E-state index in [1.807, 2.05) is 6.92 Å². The lowest BCUT2D eigenvalue weighted by Crippen LogP contribution is -2.38. The number of likely N-dealkylation sites (tertiary alicyclic amines) is 1. The van der Waals surface area contributed by atoms with Crippen molar-refractivity contribution in [2.24, 2.45) is 0 Å². The van der Waals surface area contributed by atoms with E-state index in [1.54, 1.807) is 0 Å². The van der Waals surface area contributed by atoms with Crippen LogP contribution in [0.3, 0.4) is 0 Å². The number of H-pyrrole nitrogens is 1. The summed E-state index contributed by atoms with van der Waals surface area (Å²) < 4.78 is 11.6. The summed E-state index contributed by atoms with van der Waals surface area (Å²) in [6, 6.07) is 8.44. The van der Waals surface area contributed by atoms with Gasteiger partial charge in [-0.1, -0.05) is 18.2 Å². The molecule has 0 aliphatic carbocycles. The maximum atomic E-state index is 6.16. The molecular weight excluding hydrogens is 354 g/mol. The van der Waals surface area contributed by atoms with Crippen molar-refractivity contribution in [2.45, 2.75) is 32.2 Å². The molecule has 0 radical (unpaired) electrons. The Bertz CT molecular complexity index is 744. The van der Waals surface area contributed by atoms with Gasteiger partial charge in [0.25, 0.3) is 0 Å². The number of ether oxygens (including phenoxy) is 2. The number of nitrogens with one attached hydrogen (secondary N) is 1. The number of morpholine rings is 1. The predicted molar refractivity (Wildman–Crippen MR) is 108 cm³/mol. The molecule has 0 saturated carbocycles. The second-order valence-corrected chi connectivity index (χ2v) is 7.76. The van der Waals surface area contributed by atoms with Gasteiger partial charge in [-0.2, -0.15) is 5.10 Å². The van der Waals surface area contributed by atoms with Gasteiger partial charge >= 0.3 is 0 Å². The molecule has 152 valence electrons. The number of hydrogen-bond acceptors (Lipinski definition) is 6. The standard InChI is InChI=1S/C21H31N5O2/c1-17-22-21(24-23-17)19-6-4-8-26(16-19)15-18-5-2-3-7-20(18)28-14-11-25-9-12-27-13-10-25/h2-3,5,7,19H,4,6,8-16H2,1H3,(H,22,23,24). The lowest BCUT2D eigenvalue weighted by Gasteiger charge is -2.32. The average molecular weight is 386 g/mol. The Morgan fingerprint density at radius 1 is 1.18 bits per heavy atom. The fourth-order valence-electron chi connectivity index (χ4n) is 4.08. The van der Waals surface area contributed by atoms with Gasteiger partial charge < -0.3 is 9.47 Å². The van der Waals surface area contributed by atoms with Crippen LogP contribution in [0.2, 0.25) is 0 Å². The van der Waals surface area contributed by atoms with Crippen LogP contribution < -0.4 is 4.74 Å². The molecule has 3 heterocycles. The highest BCUT2D eigenvalue weighted by Crippen LogP contribution is 2.27. The first-order valence-corrected chi connectivity index (χ1v) is 10.4. The number of para-hydroxylation sites is 1. The Balaban J connectivity index is 1.32. The van der Waals surface area contributed by atoms with Crippen LogP contribution in [0.1, 0.15) is 36.0 Å². The molecule has 1 unspecified atom stereocenters. The number of aromatic nitrogens is 3. The van der Waals surface area contributed by atoms with E-state index in [9.17, 15) is 0 Å². The second kappa shape index (κ2) is 9.49. The molecule has 2 aliphatic rings. The summed E-state index contributed by atoms with van der Waals surface area (Å²) in [6.45, 7) is 10.3. The molecule has 0 amide bonds. The molecule has 2 aliphatic heterocycles. The fraction of sp³-hybridized carbons (Fsp3) is 0.619. The van der Waals surface area contributed by atoms with Gasteiger partial charge in [-0.25, -0.2) is 4.98 Å². The van der Waals surface area contributed by atoms with Crippen LogP contribution in [0.4, 0.5) is 0 Å². The number of hydrogen-bond donors (Lipinski definition) is 1. The first-order valence-electron chi connectivity index (χ1n) is 10.4. The van der Waals surface area contributed by atoms with Gasteiger partial charge in [0.15, 0.2) is 5.82 Å². The molecule has 4 rings (SSSR count). The van der Waals surface area contributed by atoms with Gasteiger partial charge in [0.05, 0.1) is 13.2 Å². The van der Waals surface area contributed by atoms with Crippen molar-refractivity contribution in [3.05, 3.63) is 41.5 Å². The van der Waals surface area contributed by atoms with E-state index in [4.69, 9.17) is 9.47 Å². The highest BCUT2D eigenvalue weighted by molar-refractivity contribution is 5.33. The van der Waals surface area contributed by atoms with Crippen LogP contribution >= 0.6 is 0 Å². The number of rotatable bonds is 7. The minimum absolute atomic E-state index is 0.410. The molecule has 7 nitrogen and oxygen atoms in total. The lowest BCUT2D eigenvalue weighted by molar-refractivity contribution is 0.0321. The number of aromatic amines is 1. The van der Waals surface area contributed by atoms with Crippen molar-refractivity contribution in [2.75, 3.05) is 52.5 Å². The van der Waals surface area contributed by atoms with Crippen LogP contribution in [0, 0.1) is 6.92 Å². The van der Waals surface area contributed by atoms with Crippen molar-refractivity contribution in [3.8, 4) is 5.75 Å². The average Bonchev–Trinajstić information content (AvgIpc) is 3.17. The van der Waals surface area contributed by atoms with Gasteiger partial charge in [-0.3, -0.25) is 14.9 Å². The van der Waals surface area contributed by atoms with Gasteiger partial charge in [0.2, 0.25) is 0 Å². The molecular formula is C21H31N5O2. The maximum absolute atomic E-state index is 6.16. The third-order valence-corrected chi connectivity index (χ3v) is 5.62. The molecule has 2 fully saturated rings. The van der Waals surface area contributed by atoms with E-state index in [1.165, 1.54) is 12.0 Å². The van der Waals surface area contributed by atoms with E-state index < -0.39 is 0 Å². The molecule has 1 aromatic heterocycles. The topological polar surface area (TPSA) is 66.5 Å². The first-order chi connectivity index (χ1) is 13.8. The van der Waals surface area contributed by atoms with E-state index in [-0.39, 0.29) is 0 Å². The SMILES string of the molecule is Cc1nc(C2CCCN(Cc3ccccc3OCCN3CCOCC3)C2)n[nH]1. The van der Waals surface area contributed by atoms with Crippen LogP contribution in [-0.4, -0.2) is 77.5 Å². The van der Waals surface area contributed by atoms with Crippen LogP contribution in [0.5, 0.6) is 5.75 Å². The normalized spacial score (nSPS) is 21.7. The molecule has 0 spiro atoms. The summed E-state index contributed by atoms with van der Waals surface area (Å²) in [6.07, 6.45) is 2.34. The maximum Gasteiger partial charge on any atom is 0.155 e. The molecule has 2 aromatic rings. The van der Waals surface area contributed by atoms with E-state index >= 15 is 0 Å². The second-order valence-electron chi connectivity index (χ2n) is 7.76.